The fourth-order valence-electron chi connectivity index (χ4n) is 2.81. The van der Waals surface area contributed by atoms with Crippen LogP contribution >= 0.6 is 24.2 Å². The number of aromatic nitrogens is 2. The van der Waals surface area contributed by atoms with Gasteiger partial charge in [0.05, 0.1) is 16.7 Å². The predicted octanol–water partition coefficient (Wildman–Crippen LogP) is 1.84. The molecule has 1 atom stereocenters. The number of nitrogens with one attached hydrogen (secondary N) is 3. The molecule has 0 aliphatic carbocycles. The molecule has 0 radical (unpaired) electrons. The molecule has 136 valence electrons. The highest BCUT2D eigenvalue weighted by molar-refractivity contribution is 7.98. The van der Waals surface area contributed by atoms with Gasteiger partial charge in [0.1, 0.15) is 5.82 Å². The van der Waals surface area contributed by atoms with Crippen LogP contribution in [-0.4, -0.2) is 40.8 Å². The zero-order valence-corrected chi connectivity index (χ0v) is 15.5. The number of thioether (sulfide) groups is 1. The molecule has 1 fully saturated rings. The van der Waals surface area contributed by atoms with Gasteiger partial charge in [-0.25, -0.2) is 4.98 Å². The molecule has 1 unspecified atom stereocenters. The van der Waals surface area contributed by atoms with E-state index in [2.05, 4.69) is 20.6 Å². The SMILES string of the molecule is Cl.O=C(CCSCc1nc2ccccc2c(=O)[nH]1)NC1CCCNC1. The van der Waals surface area contributed by atoms with E-state index in [1.807, 2.05) is 18.2 Å². The smallest absolute Gasteiger partial charge is 0.258 e. The molecule has 1 saturated heterocycles. The molecule has 3 rings (SSSR count). The Labute approximate surface area is 157 Å². The van der Waals surface area contributed by atoms with Gasteiger partial charge in [0.15, 0.2) is 0 Å². The van der Waals surface area contributed by atoms with Crippen molar-refractivity contribution >= 4 is 41.0 Å². The van der Waals surface area contributed by atoms with Gasteiger partial charge in [-0.3, -0.25) is 9.59 Å². The number of piperidine rings is 1. The van der Waals surface area contributed by atoms with Crippen molar-refractivity contribution in [3.05, 3.63) is 40.4 Å². The molecule has 0 saturated carbocycles. The summed E-state index contributed by atoms with van der Waals surface area (Å²) >= 11 is 1.60. The summed E-state index contributed by atoms with van der Waals surface area (Å²) in [4.78, 5) is 31.2. The molecule has 1 amide bonds. The van der Waals surface area contributed by atoms with Crippen LogP contribution in [0.3, 0.4) is 0 Å². The van der Waals surface area contributed by atoms with Crippen LogP contribution in [0.15, 0.2) is 29.1 Å². The van der Waals surface area contributed by atoms with E-state index < -0.39 is 0 Å². The van der Waals surface area contributed by atoms with E-state index in [1.54, 1.807) is 17.8 Å². The van der Waals surface area contributed by atoms with Crippen LogP contribution in [0.5, 0.6) is 0 Å². The maximum Gasteiger partial charge on any atom is 0.258 e. The first-order chi connectivity index (χ1) is 11.7. The molecular weight excluding hydrogens is 360 g/mol. The van der Waals surface area contributed by atoms with E-state index in [9.17, 15) is 9.59 Å². The van der Waals surface area contributed by atoms with Crippen molar-refractivity contribution in [1.29, 1.82) is 0 Å². The van der Waals surface area contributed by atoms with E-state index in [1.165, 1.54) is 0 Å². The second kappa shape index (κ2) is 9.79. The maximum atomic E-state index is 12.0. The lowest BCUT2D eigenvalue weighted by molar-refractivity contribution is -0.121. The second-order valence-corrected chi connectivity index (χ2v) is 7.05. The normalized spacial score (nSPS) is 17.0. The molecule has 1 aromatic heterocycles. The summed E-state index contributed by atoms with van der Waals surface area (Å²) in [5, 5.41) is 6.95. The van der Waals surface area contributed by atoms with Crippen molar-refractivity contribution in [3.63, 3.8) is 0 Å². The average Bonchev–Trinajstić information content (AvgIpc) is 2.60. The highest BCUT2D eigenvalue weighted by atomic mass is 35.5. The molecule has 3 N–H and O–H groups in total. The lowest BCUT2D eigenvalue weighted by atomic mass is 10.1. The zero-order valence-electron chi connectivity index (χ0n) is 13.9. The maximum absolute atomic E-state index is 12.0. The summed E-state index contributed by atoms with van der Waals surface area (Å²) in [5.41, 5.74) is 0.595. The Morgan fingerprint density at radius 1 is 1.36 bits per heavy atom. The van der Waals surface area contributed by atoms with Gasteiger partial charge in [-0.15, -0.1) is 12.4 Å². The predicted molar refractivity (Wildman–Crippen MR) is 104 cm³/mol. The lowest BCUT2D eigenvalue weighted by Crippen LogP contribution is -2.45. The van der Waals surface area contributed by atoms with Crippen molar-refractivity contribution in [2.45, 2.75) is 31.1 Å². The number of hydrogen-bond donors (Lipinski definition) is 3. The molecule has 1 aliphatic rings. The van der Waals surface area contributed by atoms with Crippen LogP contribution in [0.1, 0.15) is 25.1 Å². The fraction of sp³-hybridized carbons (Fsp3) is 0.471. The monoisotopic (exact) mass is 382 g/mol. The van der Waals surface area contributed by atoms with Crippen LogP contribution in [0.2, 0.25) is 0 Å². The third-order valence-electron chi connectivity index (χ3n) is 4.04. The van der Waals surface area contributed by atoms with Crippen molar-refractivity contribution in [1.82, 2.24) is 20.6 Å². The highest BCUT2D eigenvalue weighted by Crippen LogP contribution is 2.12. The lowest BCUT2D eigenvalue weighted by Gasteiger charge is -2.23. The summed E-state index contributed by atoms with van der Waals surface area (Å²) in [5.74, 6) is 2.05. The molecule has 25 heavy (non-hydrogen) atoms. The molecule has 0 spiro atoms. The number of nitrogens with zero attached hydrogens (tertiary/aromatic N) is 1. The Kier molecular flexibility index (Phi) is 7.74. The number of H-pyrrole nitrogens is 1. The summed E-state index contributed by atoms with van der Waals surface area (Å²) in [6.07, 6.45) is 2.65. The van der Waals surface area contributed by atoms with Crippen molar-refractivity contribution in [3.8, 4) is 0 Å². The number of carbonyl (C=O) groups excluding carboxylic acids is 1. The minimum Gasteiger partial charge on any atom is -0.352 e. The summed E-state index contributed by atoms with van der Waals surface area (Å²) in [7, 11) is 0. The minimum absolute atomic E-state index is 0. The van der Waals surface area contributed by atoms with Crippen LogP contribution in [0.25, 0.3) is 10.9 Å². The van der Waals surface area contributed by atoms with E-state index in [-0.39, 0.29) is 29.9 Å². The first kappa shape index (κ1) is 19.8. The molecule has 1 aliphatic heterocycles. The number of amides is 1. The Morgan fingerprint density at radius 3 is 3.00 bits per heavy atom. The molecule has 1 aromatic carbocycles. The topological polar surface area (TPSA) is 86.9 Å². The number of aromatic amines is 1. The molecule has 2 heterocycles. The third-order valence-corrected chi connectivity index (χ3v) is 5.01. The highest BCUT2D eigenvalue weighted by Gasteiger charge is 2.14. The average molecular weight is 383 g/mol. The number of halogens is 1. The number of fused-ring (bicyclic) bond motifs is 1. The Bertz CT molecular complexity index is 762. The first-order valence-corrected chi connectivity index (χ1v) is 9.43. The molecule has 8 heteroatoms. The summed E-state index contributed by atoms with van der Waals surface area (Å²) in [6, 6.07) is 7.56. The summed E-state index contributed by atoms with van der Waals surface area (Å²) < 4.78 is 0. The van der Waals surface area contributed by atoms with Gasteiger partial charge in [0.2, 0.25) is 5.91 Å². The quantitative estimate of drug-likeness (QED) is 0.663. The van der Waals surface area contributed by atoms with E-state index in [4.69, 9.17) is 0 Å². The standard InChI is InChI=1S/C17H22N4O2S.ClH/c22-16(19-12-4-3-8-18-10-12)7-9-24-11-15-20-14-6-2-1-5-13(14)17(23)21-15;/h1-2,5-6,12,18H,3-4,7-11H2,(H,19,22)(H,20,21,23);1H. The largest absolute Gasteiger partial charge is 0.352 e. The molecule has 6 nitrogen and oxygen atoms in total. The number of rotatable bonds is 6. The minimum atomic E-state index is -0.112. The van der Waals surface area contributed by atoms with Gasteiger partial charge in [0.25, 0.3) is 5.56 Å². The second-order valence-electron chi connectivity index (χ2n) is 5.94. The molecule has 0 bridgehead atoms. The zero-order chi connectivity index (χ0) is 16.8. The fourth-order valence-corrected chi connectivity index (χ4v) is 3.62. The van der Waals surface area contributed by atoms with Crippen LogP contribution in [0, 0.1) is 0 Å². The Hall–Kier alpha value is -1.57. The van der Waals surface area contributed by atoms with Crippen LogP contribution in [0.4, 0.5) is 0 Å². The van der Waals surface area contributed by atoms with Gasteiger partial charge in [0, 0.05) is 24.8 Å². The number of para-hydroxylation sites is 1. The van der Waals surface area contributed by atoms with Crippen molar-refractivity contribution < 1.29 is 4.79 Å². The van der Waals surface area contributed by atoms with Crippen LogP contribution < -0.4 is 16.2 Å². The Morgan fingerprint density at radius 2 is 2.20 bits per heavy atom. The van der Waals surface area contributed by atoms with Crippen LogP contribution in [-0.2, 0) is 10.5 Å². The van der Waals surface area contributed by atoms with Gasteiger partial charge < -0.3 is 15.6 Å². The summed E-state index contributed by atoms with van der Waals surface area (Å²) in [6.45, 7) is 1.90. The van der Waals surface area contributed by atoms with E-state index in [0.717, 1.165) is 25.9 Å². The van der Waals surface area contributed by atoms with Crippen molar-refractivity contribution in [2.24, 2.45) is 0 Å². The molecule has 2 aromatic rings. The van der Waals surface area contributed by atoms with Gasteiger partial charge in [-0.2, -0.15) is 11.8 Å². The number of carbonyl (C=O) groups is 1. The van der Waals surface area contributed by atoms with Gasteiger partial charge >= 0.3 is 0 Å². The van der Waals surface area contributed by atoms with E-state index in [0.29, 0.717) is 34.7 Å². The Balaban J connectivity index is 0.00000225. The molecular formula is C17H23ClN4O2S. The van der Waals surface area contributed by atoms with Gasteiger partial charge in [-0.05, 0) is 31.5 Å². The van der Waals surface area contributed by atoms with Gasteiger partial charge in [-0.1, -0.05) is 12.1 Å². The third kappa shape index (κ3) is 5.73. The number of hydrogen-bond acceptors (Lipinski definition) is 5. The van der Waals surface area contributed by atoms with E-state index >= 15 is 0 Å². The number of benzene rings is 1. The van der Waals surface area contributed by atoms with Crippen molar-refractivity contribution in [2.75, 3.05) is 18.8 Å². The first-order valence-electron chi connectivity index (χ1n) is 8.28.